The van der Waals surface area contributed by atoms with Crippen LogP contribution >= 0.6 is 11.6 Å². The number of rotatable bonds is 2. The van der Waals surface area contributed by atoms with Crippen molar-refractivity contribution in [1.82, 2.24) is 15.2 Å². The smallest absolute Gasteiger partial charge is 0.259 e. The molecule has 0 saturated heterocycles. The number of aromatic amines is 1. The maximum Gasteiger partial charge on any atom is 0.259 e. The van der Waals surface area contributed by atoms with Crippen molar-refractivity contribution < 1.29 is 4.79 Å². The molecule has 5 nitrogen and oxygen atoms in total. The van der Waals surface area contributed by atoms with Crippen molar-refractivity contribution in [3.05, 3.63) is 52.9 Å². The molecule has 0 aliphatic heterocycles. The molecule has 0 aliphatic rings. The summed E-state index contributed by atoms with van der Waals surface area (Å²) in [6, 6.07) is 7.21. The van der Waals surface area contributed by atoms with Crippen molar-refractivity contribution in [1.29, 1.82) is 0 Å². The molecule has 20 heavy (non-hydrogen) atoms. The van der Waals surface area contributed by atoms with E-state index in [9.17, 15) is 4.79 Å². The highest BCUT2D eigenvalue weighted by Crippen LogP contribution is 2.26. The number of pyridine rings is 1. The van der Waals surface area contributed by atoms with E-state index in [4.69, 9.17) is 11.6 Å². The van der Waals surface area contributed by atoms with Gasteiger partial charge >= 0.3 is 0 Å². The lowest BCUT2D eigenvalue weighted by Gasteiger charge is -2.08. The average Bonchev–Trinajstić information content (AvgIpc) is 2.85. The van der Waals surface area contributed by atoms with Gasteiger partial charge in [0, 0.05) is 22.3 Å². The highest BCUT2D eigenvalue weighted by molar-refractivity contribution is 6.32. The first-order valence-corrected chi connectivity index (χ1v) is 6.38. The second kappa shape index (κ2) is 4.94. The van der Waals surface area contributed by atoms with Crippen molar-refractivity contribution in [2.75, 3.05) is 5.32 Å². The van der Waals surface area contributed by atoms with Crippen LogP contribution in [0.1, 0.15) is 16.1 Å². The summed E-state index contributed by atoms with van der Waals surface area (Å²) in [5, 5.41) is 10.8. The molecule has 1 amide bonds. The van der Waals surface area contributed by atoms with Gasteiger partial charge in [-0.1, -0.05) is 17.7 Å². The van der Waals surface area contributed by atoms with E-state index in [2.05, 4.69) is 20.5 Å². The van der Waals surface area contributed by atoms with E-state index < -0.39 is 0 Å². The lowest BCUT2D eigenvalue weighted by molar-refractivity contribution is 0.102. The first kappa shape index (κ1) is 12.6. The molecule has 3 rings (SSSR count). The summed E-state index contributed by atoms with van der Waals surface area (Å²) in [6.45, 7) is 1.79. The van der Waals surface area contributed by atoms with Gasteiger partial charge in [-0.15, -0.1) is 0 Å². The zero-order chi connectivity index (χ0) is 14.1. The standard InChI is InChI=1S/C14H11ClN4O/c1-8-11(7-17-19-8)14(20)18-12-6-10(15)5-9-3-2-4-16-13(9)12/h2-7H,1H3,(H,17,19)(H,18,20). The maximum absolute atomic E-state index is 12.2. The van der Waals surface area contributed by atoms with Gasteiger partial charge < -0.3 is 5.32 Å². The van der Waals surface area contributed by atoms with Crippen LogP contribution in [0.2, 0.25) is 5.02 Å². The number of H-pyrrole nitrogens is 1. The molecule has 0 saturated carbocycles. The van der Waals surface area contributed by atoms with Crippen LogP contribution in [0.15, 0.2) is 36.7 Å². The predicted molar refractivity (Wildman–Crippen MR) is 78.0 cm³/mol. The summed E-state index contributed by atoms with van der Waals surface area (Å²) in [5.74, 6) is -0.245. The Morgan fingerprint density at radius 3 is 3.00 bits per heavy atom. The Kier molecular flexibility index (Phi) is 3.12. The van der Waals surface area contributed by atoms with E-state index in [0.29, 0.717) is 27.5 Å². The number of nitrogens with one attached hydrogen (secondary N) is 2. The van der Waals surface area contributed by atoms with Crippen molar-refractivity contribution in [2.45, 2.75) is 6.92 Å². The third kappa shape index (κ3) is 2.23. The Morgan fingerprint density at radius 1 is 1.40 bits per heavy atom. The molecule has 0 spiro atoms. The number of aromatic nitrogens is 3. The number of aryl methyl sites for hydroxylation is 1. The molecule has 0 atom stereocenters. The number of carbonyl (C=O) groups is 1. The minimum absolute atomic E-state index is 0.245. The predicted octanol–water partition coefficient (Wildman–Crippen LogP) is 3.17. The first-order valence-electron chi connectivity index (χ1n) is 6.01. The van der Waals surface area contributed by atoms with Gasteiger partial charge in [0.2, 0.25) is 0 Å². The van der Waals surface area contributed by atoms with E-state index in [1.54, 1.807) is 19.2 Å². The van der Waals surface area contributed by atoms with Gasteiger partial charge in [-0.2, -0.15) is 5.10 Å². The molecule has 0 radical (unpaired) electrons. The summed E-state index contributed by atoms with van der Waals surface area (Å²) >= 11 is 6.07. The van der Waals surface area contributed by atoms with E-state index in [0.717, 1.165) is 5.39 Å². The number of carbonyl (C=O) groups excluding carboxylic acids is 1. The summed E-state index contributed by atoms with van der Waals surface area (Å²) < 4.78 is 0. The molecule has 0 bridgehead atoms. The molecule has 2 N–H and O–H groups in total. The highest BCUT2D eigenvalue weighted by Gasteiger charge is 2.13. The topological polar surface area (TPSA) is 70.7 Å². The van der Waals surface area contributed by atoms with Crippen molar-refractivity contribution >= 4 is 34.1 Å². The SMILES string of the molecule is Cc1[nH]ncc1C(=O)Nc1cc(Cl)cc2cccnc12. The number of benzene rings is 1. The summed E-state index contributed by atoms with van der Waals surface area (Å²) in [4.78, 5) is 16.5. The fraction of sp³-hybridized carbons (Fsp3) is 0.0714. The zero-order valence-electron chi connectivity index (χ0n) is 10.6. The van der Waals surface area contributed by atoms with Crippen molar-refractivity contribution in [2.24, 2.45) is 0 Å². The van der Waals surface area contributed by atoms with Crippen molar-refractivity contribution in [3.8, 4) is 0 Å². The molecule has 2 aromatic heterocycles. The molecule has 0 fully saturated rings. The molecular weight excluding hydrogens is 276 g/mol. The van der Waals surface area contributed by atoms with Crippen LogP contribution in [0.25, 0.3) is 10.9 Å². The van der Waals surface area contributed by atoms with Crippen molar-refractivity contribution in [3.63, 3.8) is 0 Å². The van der Waals surface area contributed by atoms with Gasteiger partial charge in [0.1, 0.15) is 0 Å². The molecule has 0 aliphatic carbocycles. The zero-order valence-corrected chi connectivity index (χ0v) is 11.4. The molecule has 6 heteroatoms. The van der Waals surface area contributed by atoms with E-state index in [1.165, 1.54) is 6.20 Å². The Labute approximate surface area is 120 Å². The van der Waals surface area contributed by atoms with Gasteiger partial charge in [0.05, 0.1) is 23.0 Å². The fourth-order valence-electron chi connectivity index (χ4n) is 2.02. The van der Waals surface area contributed by atoms with Crippen LogP contribution in [-0.4, -0.2) is 21.1 Å². The molecule has 3 aromatic rings. The number of halogens is 1. The van der Waals surface area contributed by atoms with Crippen LogP contribution in [0.3, 0.4) is 0 Å². The minimum Gasteiger partial charge on any atom is -0.320 e. The Hall–Kier alpha value is -2.40. The number of fused-ring (bicyclic) bond motifs is 1. The van der Waals surface area contributed by atoms with E-state index >= 15 is 0 Å². The van der Waals surface area contributed by atoms with E-state index in [1.807, 2.05) is 18.2 Å². The van der Waals surface area contributed by atoms with Crippen LogP contribution < -0.4 is 5.32 Å². The Morgan fingerprint density at radius 2 is 2.25 bits per heavy atom. The fourth-order valence-corrected chi connectivity index (χ4v) is 2.25. The Bertz CT molecular complexity index is 797. The molecule has 0 unspecified atom stereocenters. The number of nitrogens with zero attached hydrogens (tertiary/aromatic N) is 2. The van der Waals surface area contributed by atoms with Gasteiger partial charge in [-0.25, -0.2) is 0 Å². The maximum atomic E-state index is 12.2. The van der Waals surface area contributed by atoms with Gasteiger partial charge in [0.15, 0.2) is 0 Å². The Balaban J connectivity index is 2.03. The summed E-state index contributed by atoms with van der Waals surface area (Å²) in [5.41, 5.74) is 2.49. The van der Waals surface area contributed by atoms with Gasteiger partial charge in [-0.05, 0) is 25.1 Å². The van der Waals surface area contributed by atoms with Gasteiger partial charge in [-0.3, -0.25) is 14.9 Å². The average molecular weight is 287 g/mol. The monoisotopic (exact) mass is 286 g/mol. The van der Waals surface area contributed by atoms with Crippen LogP contribution in [0, 0.1) is 6.92 Å². The second-order valence-electron chi connectivity index (χ2n) is 4.39. The van der Waals surface area contributed by atoms with Crippen LogP contribution in [-0.2, 0) is 0 Å². The largest absolute Gasteiger partial charge is 0.320 e. The summed E-state index contributed by atoms with van der Waals surface area (Å²) in [6.07, 6.45) is 3.17. The second-order valence-corrected chi connectivity index (χ2v) is 4.83. The van der Waals surface area contributed by atoms with Gasteiger partial charge in [0.25, 0.3) is 5.91 Å². The highest BCUT2D eigenvalue weighted by atomic mass is 35.5. The third-order valence-corrected chi connectivity index (χ3v) is 3.21. The lowest BCUT2D eigenvalue weighted by atomic mass is 10.1. The third-order valence-electron chi connectivity index (χ3n) is 2.99. The number of anilines is 1. The van der Waals surface area contributed by atoms with Crippen LogP contribution in [0.4, 0.5) is 5.69 Å². The first-order chi connectivity index (χ1) is 9.65. The normalized spacial score (nSPS) is 10.7. The lowest BCUT2D eigenvalue weighted by Crippen LogP contribution is -2.12. The summed E-state index contributed by atoms with van der Waals surface area (Å²) in [7, 11) is 0. The number of amides is 1. The molecule has 2 heterocycles. The molecule has 1 aromatic carbocycles. The minimum atomic E-state index is -0.245. The molecular formula is C14H11ClN4O. The number of hydrogen-bond acceptors (Lipinski definition) is 3. The molecule has 100 valence electrons. The van der Waals surface area contributed by atoms with Crippen LogP contribution in [0.5, 0.6) is 0 Å². The number of hydrogen-bond donors (Lipinski definition) is 2. The quantitative estimate of drug-likeness (QED) is 0.760. The van der Waals surface area contributed by atoms with E-state index in [-0.39, 0.29) is 5.91 Å².